The van der Waals surface area contributed by atoms with Crippen LogP contribution in [-0.2, 0) is 19.8 Å². The van der Waals surface area contributed by atoms with E-state index in [0.717, 1.165) is 88.1 Å². The molecule has 1 unspecified atom stereocenters. The van der Waals surface area contributed by atoms with Gasteiger partial charge >= 0.3 is 0 Å². The van der Waals surface area contributed by atoms with E-state index in [1.54, 1.807) is 4.90 Å². The summed E-state index contributed by atoms with van der Waals surface area (Å²) in [6.45, 7) is 3.72. The number of rotatable bonds is 4. The van der Waals surface area contributed by atoms with Crippen LogP contribution >= 0.6 is 0 Å². The van der Waals surface area contributed by atoms with Crippen LogP contribution in [-0.4, -0.2) is 60.6 Å². The largest absolute Gasteiger partial charge is 0.390 e. The van der Waals surface area contributed by atoms with Crippen molar-refractivity contribution in [3.8, 4) is 0 Å². The van der Waals surface area contributed by atoms with Gasteiger partial charge in [-0.15, -0.1) is 0 Å². The first kappa shape index (κ1) is 22.0. The van der Waals surface area contributed by atoms with Gasteiger partial charge in [0.2, 0.25) is 17.7 Å². The summed E-state index contributed by atoms with van der Waals surface area (Å²) in [5, 5.41) is 16.7. The number of carbonyl (C=O) groups excluding carboxylic acids is 3. The Morgan fingerprint density at radius 1 is 1.00 bits per heavy atom. The molecule has 1 aromatic carbocycles. The molecule has 1 saturated carbocycles. The van der Waals surface area contributed by atoms with Crippen molar-refractivity contribution in [2.45, 2.75) is 74.8 Å². The number of hydrogen-bond donors (Lipinski definition) is 3. The predicted molar refractivity (Wildman–Crippen MR) is 128 cm³/mol. The maximum atomic E-state index is 13.4. The standard InChI is InChI=1S/C26H34N4O4/c31-22-4-3-21(23(32)28-22)30-20-2-1-18(15-19(20)26(7-8-26)24(30)33)29-13-5-17(6-14-29)16-25(34)9-11-27-12-10-25/h1-2,15,17,21,27,34H,3-14,16H2,(H,28,31,32). The first-order valence-electron chi connectivity index (χ1n) is 12.9. The van der Waals surface area contributed by atoms with Crippen LogP contribution < -0.4 is 20.4 Å². The Labute approximate surface area is 200 Å². The van der Waals surface area contributed by atoms with Crippen molar-refractivity contribution in [2.24, 2.45) is 5.92 Å². The second kappa shape index (κ2) is 8.05. The Hall–Kier alpha value is -2.45. The first-order valence-corrected chi connectivity index (χ1v) is 12.9. The number of imide groups is 1. The molecule has 4 aliphatic heterocycles. The fourth-order valence-electron chi connectivity index (χ4n) is 6.64. The molecule has 3 saturated heterocycles. The maximum absolute atomic E-state index is 13.4. The quantitative estimate of drug-likeness (QED) is 0.583. The third-order valence-corrected chi connectivity index (χ3v) is 8.84. The second-order valence-corrected chi connectivity index (χ2v) is 11.0. The summed E-state index contributed by atoms with van der Waals surface area (Å²) in [4.78, 5) is 41.7. The van der Waals surface area contributed by atoms with Gasteiger partial charge in [0.05, 0.1) is 11.0 Å². The van der Waals surface area contributed by atoms with Crippen molar-refractivity contribution < 1.29 is 19.5 Å². The van der Waals surface area contributed by atoms with E-state index >= 15 is 0 Å². The monoisotopic (exact) mass is 466 g/mol. The van der Waals surface area contributed by atoms with Crippen LogP contribution in [0.5, 0.6) is 0 Å². The molecular formula is C26H34N4O4. The summed E-state index contributed by atoms with van der Waals surface area (Å²) in [5.74, 6) is -0.0636. The third-order valence-electron chi connectivity index (χ3n) is 8.84. The minimum absolute atomic E-state index is 0.0167. The SMILES string of the molecule is O=C1CCC(N2C(=O)C3(CC3)c3cc(N4CCC(CC5(O)CCNCC5)CC4)ccc32)C(=O)N1. The van der Waals surface area contributed by atoms with Gasteiger partial charge in [-0.25, -0.2) is 0 Å². The van der Waals surface area contributed by atoms with Gasteiger partial charge in [-0.1, -0.05) is 0 Å². The fourth-order valence-corrected chi connectivity index (χ4v) is 6.64. The molecule has 1 aromatic rings. The smallest absolute Gasteiger partial charge is 0.249 e. The molecular weight excluding hydrogens is 432 g/mol. The van der Waals surface area contributed by atoms with Crippen molar-refractivity contribution in [3.05, 3.63) is 23.8 Å². The van der Waals surface area contributed by atoms with Crippen LogP contribution in [0.3, 0.4) is 0 Å². The Morgan fingerprint density at radius 3 is 2.41 bits per heavy atom. The van der Waals surface area contributed by atoms with Gasteiger partial charge in [0.1, 0.15) is 6.04 Å². The molecule has 182 valence electrons. The zero-order valence-electron chi connectivity index (χ0n) is 19.6. The number of nitrogens with zero attached hydrogens (tertiary/aromatic N) is 2. The van der Waals surface area contributed by atoms with E-state index in [4.69, 9.17) is 0 Å². The van der Waals surface area contributed by atoms with Gasteiger partial charge in [0.15, 0.2) is 0 Å². The summed E-state index contributed by atoms with van der Waals surface area (Å²) < 4.78 is 0. The molecule has 8 heteroatoms. The van der Waals surface area contributed by atoms with Gasteiger partial charge in [0.25, 0.3) is 0 Å². The normalized spacial score (nSPS) is 28.3. The van der Waals surface area contributed by atoms with Gasteiger partial charge in [0, 0.05) is 30.9 Å². The molecule has 4 heterocycles. The lowest BCUT2D eigenvalue weighted by atomic mass is 9.79. The van der Waals surface area contributed by atoms with Crippen molar-refractivity contribution >= 4 is 29.1 Å². The highest BCUT2D eigenvalue weighted by Gasteiger charge is 2.61. The molecule has 4 fully saturated rings. The number of aliphatic hydroxyl groups is 1. The summed E-state index contributed by atoms with van der Waals surface area (Å²) >= 11 is 0. The van der Waals surface area contributed by atoms with Crippen molar-refractivity contribution in [2.75, 3.05) is 36.0 Å². The first-order chi connectivity index (χ1) is 16.4. The summed E-state index contributed by atoms with van der Waals surface area (Å²) in [6, 6.07) is 5.65. The zero-order chi connectivity index (χ0) is 23.5. The van der Waals surface area contributed by atoms with Crippen LogP contribution in [0.1, 0.15) is 63.4 Å². The van der Waals surface area contributed by atoms with Crippen LogP contribution in [0.25, 0.3) is 0 Å². The number of nitrogens with one attached hydrogen (secondary N) is 2. The van der Waals surface area contributed by atoms with Gasteiger partial charge in [-0.3, -0.25) is 24.6 Å². The van der Waals surface area contributed by atoms with Crippen molar-refractivity contribution in [1.29, 1.82) is 0 Å². The number of carbonyl (C=O) groups is 3. The second-order valence-electron chi connectivity index (χ2n) is 11.0. The van der Waals surface area contributed by atoms with Gasteiger partial charge in [-0.05, 0) is 94.1 Å². The minimum atomic E-state index is -0.605. The Morgan fingerprint density at radius 2 is 1.74 bits per heavy atom. The lowest BCUT2D eigenvalue weighted by Crippen LogP contribution is -2.54. The minimum Gasteiger partial charge on any atom is -0.390 e. The van der Waals surface area contributed by atoms with E-state index in [1.807, 2.05) is 6.07 Å². The summed E-state index contributed by atoms with van der Waals surface area (Å²) in [6.07, 6.45) is 7.01. The molecule has 5 aliphatic rings. The number of piperidine rings is 3. The molecule has 3 amide bonds. The maximum Gasteiger partial charge on any atom is 0.249 e. The predicted octanol–water partition coefficient (Wildman–Crippen LogP) is 1.59. The highest BCUT2D eigenvalue weighted by Crippen LogP contribution is 2.58. The van der Waals surface area contributed by atoms with Crippen LogP contribution in [0.4, 0.5) is 11.4 Å². The van der Waals surface area contributed by atoms with E-state index in [1.165, 1.54) is 0 Å². The lowest BCUT2D eigenvalue weighted by Gasteiger charge is -2.39. The zero-order valence-corrected chi connectivity index (χ0v) is 19.6. The highest BCUT2D eigenvalue weighted by molar-refractivity contribution is 6.15. The van der Waals surface area contributed by atoms with E-state index in [9.17, 15) is 19.5 Å². The average Bonchev–Trinajstić information content (AvgIpc) is 3.59. The van der Waals surface area contributed by atoms with E-state index in [0.29, 0.717) is 12.3 Å². The lowest BCUT2D eigenvalue weighted by molar-refractivity contribution is -0.135. The number of fused-ring (bicyclic) bond motifs is 2. The topological polar surface area (TPSA) is 102 Å². The molecule has 0 aromatic heterocycles. The van der Waals surface area contributed by atoms with Crippen LogP contribution in [0, 0.1) is 5.92 Å². The Kier molecular flexibility index (Phi) is 5.22. The molecule has 1 atom stereocenters. The molecule has 6 rings (SSSR count). The Balaban J connectivity index is 1.18. The van der Waals surface area contributed by atoms with Gasteiger partial charge in [-0.2, -0.15) is 0 Å². The molecule has 0 bridgehead atoms. The summed E-state index contributed by atoms with van der Waals surface area (Å²) in [5.41, 5.74) is 2.03. The van der Waals surface area contributed by atoms with Gasteiger partial charge < -0.3 is 15.3 Å². The fraction of sp³-hybridized carbons (Fsp3) is 0.654. The molecule has 0 radical (unpaired) electrons. The van der Waals surface area contributed by atoms with E-state index in [-0.39, 0.29) is 24.1 Å². The molecule has 1 aliphatic carbocycles. The van der Waals surface area contributed by atoms with Crippen LogP contribution in [0.2, 0.25) is 0 Å². The number of benzene rings is 1. The molecule has 1 spiro atoms. The summed E-state index contributed by atoms with van der Waals surface area (Å²) in [7, 11) is 0. The highest BCUT2D eigenvalue weighted by atomic mass is 16.3. The molecule has 3 N–H and O–H groups in total. The van der Waals surface area contributed by atoms with E-state index in [2.05, 4.69) is 27.7 Å². The third kappa shape index (κ3) is 3.62. The number of amides is 3. The molecule has 34 heavy (non-hydrogen) atoms. The number of hydrogen-bond acceptors (Lipinski definition) is 6. The van der Waals surface area contributed by atoms with E-state index < -0.39 is 17.1 Å². The number of anilines is 2. The Bertz CT molecular complexity index is 1020. The molecule has 8 nitrogen and oxygen atoms in total. The van der Waals surface area contributed by atoms with Crippen LogP contribution in [0.15, 0.2) is 18.2 Å². The average molecular weight is 467 g/mol. The van der Waals surface area contributed by atoms with Crippen molar-refractivity contribution in [1.82, 2.24) is 10.6 Å². The van der Waals surface area contributed by atoms with Crippen molar-refractivity contribution in [3.63, 3.8) is 0 Å².